The van der Waals surface area contributed by atoms with Crippen molar-refractivity contribution in [2.24, 2.45) is 5.92 Å². The van der Waals surface area contributed by atoms with E-state index >= 15 is 0 Å². The number of ether oxygens (including phenoxy) is 1. The minimum Gasteiger partial charge on any atom is -0.381 e. The molecule has 2 heterocycles. The summed E-state index contributed by atoms with van der Waals surface area (Å²) >= 11 is 0.941. The van der Waals surface area contributed by atoms with Gasteiger partial charge in [0, 0.05) is 29.2 Å². The Balaban J connectivity index is 1.91. The fraction of sp³-hybridized carbons (Fsp3) is 0.545. The highest BCUT2D eigenvalue weighted by Gasteiger charge is 2.18. The molecule has 0 aliphatic carbocycles. The van der Waals surface area contributed by atoms with Crippen molar-refractivity contribution in [1.82, 2.24) is 5.32 Å². The lowest BCUT2D eigenvalue weighted by atomic mass is 10.0. The van der Waals surface area contributed by atoms with Gasteiger partial charge in [0.15, 0.2) is 0 Å². The average molecular weight is 324 g/mol. The number of carbonyl (C=O) groups is 1. The van der Waals surface area contributed by atoms with Gasteiger partial charge in [-0.1, -0.05) is 0 Å². The first-order valence-electron chi connectivity index (χ1n) is 5.86. The van der Waals surface area contributed by atoms with Gasteiger partial charge in [-0.2, -0.15) is 0 Å². The summed E-state index contributed by atoms with van der Waals surface area (Å²) in [5.41, 5.74) is 0.320. The zero-order valence-corrected chi connectivity index (χ0v) is 12.5. The fourth-order valence-corrected chi connectivity index (χ4v) is 3.82. The predicted molar refractivity (Wildman–Crippen MR) is 73.2 cm³/mol. The SMILES string of the molecule is O=C(NCC1CCCOC1)c1csc(S(=O)(=O)Cl)c1. The van der Waals surface area contributed by atoms with Crippen LogP contribution in [-0.2, 0) is 13.8 Å². The molecule has 1 atom stereocenters. The van der Waals surface area contributed by atoms with Crippen LogP contribution in [0.25, 0.3) is 0 Å². The van der Waals surface area contributed by atoms with Gasteiger partial charge in [0.2, 0.25) is 0 Å². The first kappa shape index (κ1) is 14.8. The van der Waals surface area contributed by atoms with Crippen LogP contribution in [0.5, 0.6) is 0 Å². The monoisotopic (exact) mass is 323 g/mol. The van der Waals surface area contributed by atoms with Crippen molar-refractivity contribution in [3.8, 4) is 0 Å². The van der Waals surface area contributed by atoms with Gasteiger partial charge in [0.25, 0.3) is 15.0 Å². The van der Waals surface area contributed by atoms with E-state index in [1.807, 2.05) is 0 Å². The lowest BCUT2D eigenvalue weighted by Crippen LogP contribution is -2.33. The summed E-state index contributed by atoms with van der Waals surface area (Å²) in [5.74, 6) is 0.0426. The van der Waals surface area contributed by atoms with E-state index in [9.17, 15) is 13.2 Å². The average Bonchev–Trinajstić information content (AvgIpc) is 2.87. The summed E-state index contributed by atoms with van der Waals surface area (Å²) in [7, 11) is 1.45. The van der Waals surface area contributed by atoms with Crippen LogP contribution in [-0.4, -0.2) is 34.1 Å². The Bertz CT molecular complexity index is 549. The molecule has 106 valence electrons. The minimum atomic E-state index is -3.76. The molecule has 0 spiro atoms. The minimum absolute atomic E-state index is 0.0136. The zero-order chi connectivity index (χ0) is 13.9. The van der Waals surface area contributed by atoms with Crippen LogP contribution >= 0.6 is 22.0 Å². The second-order valence-electron chi connectivity index (χ2n) is 4.39. The van der Waals surface area contributed by atoms with E-state index in [4.69, 9.17) is 15.4 Å². The number of rotatable bonds is 4. The summed E-state index contributed by atoms with van der Waals surface area (Å²) in [4.78, 5) is 11.8. The largest absolute Gasteiger partial charge is 0.381 e. The van der Waals surface area contributed by atoms with E-state index in [2.05, 4.69) is 5.32 Å². The Kier molecular flexibility index (Phi) is 4.83. The van der Waals surface area contributed by atoms with Crippen molar-refractivity contribution in [3.63, 3.8) is 0 Å². The Labute approximate surface area is 120 Å². The molecule has 1 N–H and O–H groups in total. The normalized spacial score (nSPS) is 20.2. The summed E-state index contributed by atoms with van der Waals surface area (Å²) in [6, 6.07) is 1.29. The molecular weight excluding hydrogens is 310 g/mol. The van der Waals surface area contributed by atoms with Gasteiger partial charge in [-0.15, -0.1) is 11.3 Å². The van der Waals surface area contributed by atoms with Crippen molar-refractivity contribution in [2.45, 2.75) is 17.1 Å². The van der Waals surface area contributed by atoms with Crippen molar-refractivity contribution in [3.05, 3.63) is 17.0 Å². The molecule has 1 amide bonds. The van der Waals surface area contributed by atoms with Crippen molar-refractivity contribution >= 4 is 37.0 Å². The van der Waals surface area contributed by atoms with Crippen LogP contribution < -0.4 is 5.32 Å². The highest BCUT2D eigenvalue weighted by atomic mass is 35.7. The van der Waals surface area contributed by atoms with Gasteiger partial charge in [-0.3, -0.25) is 4.79 Å². The van der Waals surface area contributed by atoms with Crippen LogP contribution in [0.3, 0.4) is 0 Å². The first-order chi connectivity index (χ1) is 8.97. The molecule has 0 bridgehead atoms. The van der Waals surface area contributed by atoms with Crippen LogP contribution in [0.2, 0.25) is 0 Å². The predicted octanol–water partition coefficient (Wildman–Crippen LogP) is 1.83. The molecule has 1 aromatic heterocycles. The Morgan fingerprint density at radius 3 is 2.95 bits per heavy atom. The molecule has 0 aromatic carbocycles. The molecule has 2 rings (SSSR count). The summed E-state index contributed by atoms with van der Waals surface area (Å²) in [6.45, 7) is 1.98. The van der Waals surface area contributed by atoms with Crippen LogP contribution in [0.1, 0.15) is 23.2 Å². The second-order valence-corrected chi connectivity index (χ2v) is 8.09. The molecule has 1 aliphatic heterocycles. The molecule has 0 radical (unpaired) electrons. The molecule has 1 aromatic rings. The smallest absolute Gasteiger partial charge is 0.270 e. The van der Waals surface area contributed by atoms with E-state index in [0.717, 1.165) is 30.8 Å². The van der Waals surface area contributed by atoms with Crippen molar-refractivity contribution < 1.29 is 17.9 Å². The molecule has 8 heteroatoms. The maximum atomic E-state index is 11.8. The van der Waals surface area contributed by atoms with Gasteiger partial charge in [-0.05, 0) is 24.8 Å². The van der Waals surface area contributed by atoms with Gasteiger partial charge in [0.1, 0.15) is 4.21 Å². The number of hydrogen-bond acceptors (Lipinski definition) is 5. The highest BCUT2D eigenvalue weighted by Crippen LogP contribution is 2.23. The van der Waals surface area contributed by atoms with E-state index in [1.54, 1.807) is 0 Å². The first-order valence-corrected chi connectivity index (χ1v) is 9.05. The Morgan fingerprint density at radius 2 is 2.37 bits per heavy atom. The van der Waals surface area contributed by atoms with Gasteiger partial charge < -0.3 is 10.1 Å². The molecule has 5 nitrogen and oxygen atoms in total. The molecule has 1 fully saturated rings. The molecular formula is C11H14ClNO4S2. The lowest BCUT2D eigenvalue weighted by molar-refractivity contribution is 0.0536. The van der Waals surface area contributed by atoms with Crippen LogP contribution in [0.15, 0.2) is 15.7 Å². The molecule has 1 unspecified atom stereocenters. The Morgan fingerprint density at radius 1 is 1.58 bits per heavy atom. The van der Waals surface area contributed by atoms with Crippen LogP contribution in [0, 0.1) is 5.92 Å². The number of nitrogens with one attached hydrogen (secondary N) is 1. The van der Waals surface area contributed by atoms with E-state index in [0.29, 0.717) is 24.6 Å². The fourth-order valence-electron chi connectivity index (χ4n) is 1.87. The maximum absolute atomic E-state index is 11.8. The summed E-state index contributed by atoms with van der Waals surface area (Å²) in [6.07, 6.45) is 2.04. The lowest BCUT2D eigenvalue weighted by Gasteiger charge is -2.22. The van der Waals surface area contributed by atoms with E-state index < -0.39 is 9.05 Å². The quantitative estimate of drug-likeness (QED) is 0.858. The van der Waals surface area contributed by atoms with Gasteiger partial charge in [-0.25, -0.2) is 8.42 Å². The maximum Gasteiger partial charge on any atom is 0.270 e. The van der Waals surface area contributed by atoms with E-state index in [-0.39, 0.29) is 10.1 Å². The second kappa shape index (κ2) is 6.21. The molecule has 1 aliphatic rings. The summed E-state index contributed by atoms with van der Waals surface area (Å²) in [5, 5.41) is 4.27. The number of halogens is 1. The number of amides is 1. The molecule has 19 heavy (non-hydrogen) atoms. The Hall–Kier alpha value is -0.630. The highest BCUT2D eigenvalue weighted by molar-refractivity contribution is 8.15. The van der Waals surface area contributed by atoms with Gasteiger partial charge >= 0.3 is 0 Å². The molecule has 0 saturated carbocycles. The third kappa shape index (κ3) is 4.17. The third-order valence-electron chi connectivity index (χ3n) is 2.88. The summed E-state index contributed by atoms with van der Waals surface area (Å²) < 4.78 is 27.5. The van der Waals surface area contributed by atoms with E-state index in [1.165, 1.54) is 11.4 Å². The number of carbonyl (C=O) groups excluding carboxylic acids is 1. The van der Waals surface area contributed by atoms with Crippen molar-refractivity contribution in [2.75, 3.05) is 19.8 Å². The van der Waals surface area contributed by atoms with Gasteiger partial charge in [0.05, 0.1) is 12.2 Å². The van der Waals surface area contributed by atoms with Crippen LogP contribution in [0.4, 0.5) is 0 Å². The number of thiophene rings is 1. The zero-order valence-electron chi connectivity index (χ0n) is 10.1. The standard InChI is InChI=1S/C11H14ClNO4S2/c12-19(15,16)10-4-9(7-18-10)11(14)13-5-8-2-1-3-17-6-8/h4,7-8H,1-3,5-6H2,(H,13,14). The topological polar surface area (TPSA) is 72.5 Å². The van der Waals surface area contributed by atoms with Crippen molar-refractivity contribution in [1.29, 1.82) is 0 Å². The number of hydrogen-bond donors (Lipinski definition) is 1. The third-order valence-corrected chi connectivity index (χ3v) is 5.92. The molecule has 1 saturated heterocycles.